The smallest absolute Gasteiger partial charge is 0.410 e. The fraction of sp³-hybridized carbons (Fsp3) is 0.524. The van der Waals surface area contributed by atoms with E-state index in [0.717, 1.165) is 48.3 Å². The Hall–Kier alpha value is -2.19. The quantitative estimate of drug-likeness (QED) is 0.776. The number of nitrogen functional groups attached to an aromatic ring is 1. The summed E-state index contributed by atoms with van der Waals surface area (Å²) in [4.78, 5) is 21.2. The third-order valence-electron chi connectivity index (χ3n) is 5.13. The Morgan fingerprint density at radius 3 is 2.62 bits per heavy atom. The van der Waals surface area contributed by atoms with Crippen LogP contribution < -0.4 is 5.73 Å². The average molecular weight is 416 g/mol. The zero-order valence-electron chi connectivity index (χ0n) is 17.3. The number of nitrogens with two attached hydrogens (primary N) is 1. The van der Waals surface area contributed by atoms with Crippen LogP contribution in [0.3, 0.4) is 0 Å². The topological polar surface area (TPSA) is 76.6 Å². The maximum absolute atomic E-state index is 12.2. The monoisotopic (exact) mass is 415 g/mol. The molecule has 1 unspecified atom stereocenters. The van der Waals surface area contributed by atoms with Gasteiger partial charge in [-0.1, -0.05) is 30.0 Å². The first-order chi connectivity index (χ1) is 13.8. The summed E-state index contributed by atoms with van der Waals surface area (Å²) in [5.41, 5.74) is 8.33. The van der Waals surface area contributed by atoms with Crippen LogP contribution in [0.4, 0.5) is 10.5 Å². The summed E-state index contributed by atoms with van der Waals surface area (Å²) in [6.45, 7) is 10.8. The molecule has 0 bridgehead atoms. The number of piperazine rings is 1. The van der Waals surface area contributed by atoms with Crippen LogP contribution in [-0.4, -0.2) is 69.0 Å². The van der Waals surface area contributed by atoms with Gasteiger partial charge in [0.2, 0.25) is 0 Å². The number of para-hydroxylation sites is 1. The number of anilines is 1. The minimum atomic E-state index is -0.446. The fourth-order valence-electron chi connectivity index (χ4n) is 3.71. The number of aromatic nitrogens is 2. The zero-order chi connectivity index (χ0) is 20.6. The van der Waals surface area contributed by atoms with Gasteiger partial charge >= 0.3 is 6.09 Å². The first kappa shape index (κ1) is 20.1. The molecule has 8 heteroatoms. The second-order valence-electron chi connectivity index (χ2n) is 8.66. The predicted octanol–water partition coefficient (Wildman–Crippen LogP) is 3.16. The molecule has 0 radical (unpaired) electrons. The molecule has 2 aliphatic rings. The SMILES string of the molecule is CC(C)(C)OC(=O)N1CCN(CC2Cn3cc(-c4ccccc4N)nc3S2)CC1. The summed E-state index contributed by atoms with van der Waals surface area (Å²) in [7, 11) is 0. The largest absolute Gasteiger partial charge is 0.444 e. The molecule has 1 aromatic heterocycles. The molecule has 1 aromatic carbocycles. The van der Waals surface area contributed by atoms with Crippen molar-refractivity contribution in [1.82, 2.24) is 19.4 Å². The number of fused-ring (bicyclic) bond motifs is 1. The van der Waals surface area contributed by atoms with Crippen LogP contribution >= 0.6 is 11.8 Å². The lowest BCUT2D eigenvalue weighted by Crippen LogP contribution is -2.51. The van der Waals surface area contributed by atoms with Crippen LogP contribution in [0.1, 0.15) is 20.8 Å². The molecule has 1 saturated heterocycles. The van der Waals surface area contributed by atoms with E-state index in [0.29, 0.717) is 18.3 Å². The van der Waals surface area contributed by atoms with E-state index in [1.165, 1.54) is 0 Å². The van der Waals surface area contributed by atoms with Crippen molar-refractivity contribution in [2.24, 2.45) is 0 Å². The molecule has 4 rings (SSSR count). The highest BCUT2D eigenvalue weighted by Crippen LogP contribution is 2.35. The molecule has 2 aliphatic heterocycles. The van der Waals surface area contributed by atoms with Crippen molar-refractivity contribution < 1.29 is 9.53 Å². The van der Waals surface area contributed by atoms with Crippen molar-refractivity contribution in [2.45, 2.75) is 43.3 Å². The molecule has 156 valence electrons. The second kappa shape index (κ2) is 7.91. The lowest BCUT2D eigenvalue weighted by Gasteiger charge is -2.36. The van der Waals surface area contributed by atoms with Gasteiger partial charge in [-0.15, -0.1) is 0 Å². The van der Waals surface area contributed by atoms with E-state index >= 15 is 0 Å². The van der Waals surface area contributed by atoms with Crippen molar-refractivity contribution in [3.8, 4) is 11.3 Å². The Balaban J connectivity index is 1.28. The molecule has 7 nitrogen and oxygen atoms in total. The van der Waals surface area contributed by atoms with Crippen LogP contribution in [0, 0.1) is 0 Å². The van der Waals surface area contributed by atoms with E-state index in [9.17, 15) is 4.79 Å². The van der Waals surface area contributed by atoms with Gasteiger partial charge in [-0.2, -0.15) is 0 Å². The predicted molar refractivity (Wildman–Crippen MR) is 116 cm³/mol. The van der Waals surface area contributed by atoms with Gasteiger partial charge in [0.05, 0.1) is 5.69 Å². The van der Waals surface area contributed by atoms with Crippen LogP contribution in [0.25, 0.3) is 11.3 Å². The number of thioether (sulfide) groups is 1. The Kier molecular flexibility index (Phi) is 5.48. The van der Waals surface area contributed by atoms with Gasteiger partial charge in [-0.25, -0.2) is 9.78 Å². The Morgan fingerprint density at radius 2 is 1.97 bits per heavy atom. The first-order valence-electron chi connectivity index (χ1n) is 10.1. The highest BCUT2D eigenvalue weighted by atomic mass is 32.2. The molecule has 2 N–H and O–H groups in total. The second-order valence-corrected chi connectivity index (χ2v) is 9.92. The van der Waals surface area contributed by atoms with Crippen LogP contribution in [0.15, 0.2) is 35.6 Å². The van der Waals surface area contributed by atoms with Crippen molar-refractivity contribution in [1.29, 1.82) is 0 Å². The van der Waals surface area contributed by atoms with Gasteiger partial charge in [0, 0.05) is 62.0 Å². The van der Waals surface area contributed by atoms with E-state index in [1.807, 2.05) is 61.7 Å². The Morgan fingerprint density at radius 1 is 1.24 bits per heavy atom. The Labute approximate surface area is 176 Å². The number of carbonyl (C=O) groups is 1. The van der Waals surface area contributed by atoms with Gasteiger partial charge in [0.15, 0.2) is 5.16 Å². The van der Waals surface area contributed by atoms with Crippen LogP contribution in [-0.2, 0) is 11.3 Å². The first-order valence-corrected chi connectivity index (χ1v) is 11.0. The molecule has 3 heterocycles. The molecule has 1 fully saturated rings. The van der Waals surface area contributed by atoms with E-state index in [-0.39, 0.29) is 6.09 Å². The average Bonchev–Trinajstić information content (AvgIpc) is 3.19. The number of carbonyl (C=O) groups excluding carboxylic acids is 1. The minimum Gasteiger partial charge on any atom is -0.444 e. The summed E-state index contributed by atoms with van der Waals surface area (Å²) in [6.07, 6.45) is 1.90. The van der Waals surface area contributed by atoms with Crippen molar-refractivity contribution in [2.75, 3.05) is 38.5 Å². The van der Waals surface area contributed by atoms with Crippen LogP contribution in [0.5, 0.6) is 0 Å². The standard InChI is InChI=1S/C21H29N5O2S/c1-21(2,3)28-20(27)25-10-8-24(9-11-25)12-15-13-26-14-18(23-19(26)29-15)16-6-4-5-7-17(16)22/h4-7,14-15H,8-13,22H2,1-3H3. The number of rotatable bonds is 3. The highest BCUT2D eigenvalue weighted by molar-refractivity contribution is 8.00. The molecular weight excluding hydrogens is 386 g/mol. The van der Waals surface area contributed by atoms with Crippen molar-refractivity contribution in [3.63, 3.8) is 0 Å². The van der Waals surface area contributed by atoms with E-state index < -0.39 is 5.60 Å². The lowest BCUT2D eigenvalue weighted by molar-refractivity contribution is 0.0145. The van der Waals surface area contributed by atoms with Gasteiger partial charge in [0.25, 0.3) is 0 Å². The summed E-state index contributed by atoms with van der Waals surface area (Å²) in [5.74, 6) is 0. The number of hydrogen-bond acceptors (Lipinski definition) is 6. The van der Waals surface area contributed by atoms with E-state index in [2.05, 4.69) is 15.7 Å². The molecule has 2 aromatic rings. The lowest BCUT2D eigenvalue weighted by atomic mass is 10.1. The summed E-state index contributed by atoms with van der Waals surface area (Å²) in [5, 5.41) is 1.54. The van der Waals surface area contributed by atoms with E-state index in [4.69, 9.17) is 15.5 Å². The minimum absolute atomic E-state index is 0.208. The zero-order valence-corrected chi connectivity index (χ0v) is 18.1. The molecule has 0 saturated carbocycles. The van der Waals surface area contributed by atoms with Crippen molar-refractivity contribution in [3.05, 3.63) is 30.5 Å². The summed E-state index contributed by atoms with van der Waals surface area (Å²) in [6, 6.07) is 7.85. The summed E-state index contributed by atoms with van der Waals surface area (Å²) >= 11 is 1.83. The molecular formula is C21H29N5O2S. The molecule has 1 amide bonds. The van der Waals surface area contributed by atoms with Gasteiger partial charge in [-0.05, 0) is 26.8 Å². The molecule has 1 atom stereocenters. The molecule has 0 aliphatic carbocycles. The number of nitrogens with zero attached hydrogens (tertiary/aromatic N) is 4. The normalized spacial score (nSPS) is 20.0. The number of amides is 1. The van der Waals surface area contributed by atoms with Gasteiger partial charge < -0.3 is 19.9 Å². The van der Waals surface area contributed by atoms with Crippen LogP contribution in [0.2, 0.25) is 0 Å². The third kappa shape index (κ3) is 4.70. The van der Waals surface area contributed by atoms with Gasteiger partial charge in [-0.3, -0.25) is 4.90 Å². The maximum Gasteiger partial charge on any atom is 0.410 e. The van der Waals surface area contributed by atoms with Gasteiger partial charge in [0.1, 0.15) is 5.60 Å². The number of ether oxygens (including phenoxy) is 1. The maximum atomic E-state index is 12.2. The number of benzene rings is 1. The highest BCUT2D eigenvalue weighted by Gasteiger charge is 2.30. The summed E-state index contributed by atoms with van der Waals surface area (Å²) < 4.78 is 7.71. The van der Waals surface area contributed by atoms with E-state index in [1.54, 1.807) is 0 Å². The Bertz CT molecular complexity index is 860. The number of hydrogen-bond donors (Lipinski definition) is 1. The molecule has 0 spiro atoms. The number of imidazole rings is 1. The van der Waals surface area contributed by atoms with Crippen molar-refractivity contribution >= 4 is 23.5 Å². The third-order valence-corrected chi connectivity index (χ3v) is 6.30. The molecule has 29 heavy (non-hydrogen) atoms. The fourth-order valence-corrected chi connectivity index (χ4v) is 4.94.